The average Bonchev–Trinajstić information content (AvgIpc) is 3.14. The van der Waals surface area contributed by atoms with Gasteiger partial charge in [0.2, 0.25) is 5.91 Å². The van der Waals surface area contributed by atoms with Gasteiger partial charge in [-0.2, -0.15) is 0 Å². The Balaban J connectivity index is 1.48. The van der Waals surface area contributed by atoms with Gasteiger partial charge in [0.05, 0.1) is 24.5 Å². The monoisotopic (exact) mass is 421 g/mol. The molecule has 0 unspecified atom stereocenters. The van der Waals surface area contributed by atoms with Gasteiger partial charge in [-0.1, -0.05) is 11.8 Å². The van der Waals surface area contributed by atoms with Crippen LogP contribution in [0, 0.1) is 0 Å². The smallest absolute Gasteiger partial charge is 0.311 e. The number of piperidine rings is 1. The predicted octanol–water partition coefficient (Wildman–Crippen LogP) is 2.76. The van der Waals surface area contributed by atoms with Gasteiger partial charge in [-0.25, -0.2) is 15.0 Å². The van der Waals surface area contributed by atoms with Crippen LogP contribution in [0.4, 0.5) is 10.9 Å². The Bertz CT molecular complexity index is 808. The van der Waals surface area contributed by atoms with Crippen LogP contribution >= 0.6 is 23.1 Å². The van der Waals surface area contributed by atoms with Gasteiger partial charge in [-0.3, -0.25) is 9.59 Å². The largest absolute Gasteiger partial charge is 0.466 e. The van der Waals surface area contributed by atoms with Crippen molar-refractivity contribution in [3.05, 3.63) is 23.5 Å². The number of hydrogen-bond donors (Lipinski definition) is 1. The molecule has 10 heteroatoms. The standard InChI is InChI=1S/C18H23N5O3S2/c1-2-26-17(25)8-13-10-28-18(21-13)22-15(24)11-27-16-9-14(19-12-20-16)23-6-4-3-5-7-23/h9-10,12H,2-8,11H2,1H3,(H,21,22,24). The minimum absolute atomic E-state index is 0.106. The SMILES string of the molecule is CCOC(=O)Cc1csc(NC(=O)CSc2cc(N3CCCCC3)ncn2)n1. The third-order valence-corrected chi connectivity index (χ3v) is 5.82. The lowest BCUT2D eigenvalue weighted by Gasteiger charge is -2.27. The van der Waals surface area contributed by atoms with E-state index >= 15 is 0 Å². The molecule has 1 N–H and O–H groups in total. The second kappa shape index (κ2) is 10.4. The Morgan fingerprint density at radius 3 is 2.89 bits per heavy atom. The molecule has 0 radical (unpaired) electrons. The summed E-state index contributed by atoms with van der Waals surface area (Å²) in [5.41, 5.74) is 0.591. The summed E-state index contributed by atoms with van der Waals surface area (Å²) in [6.07, 6.45) is 5.28. The number of aromatic nitrogens is 3. The summed E-state index contributed by atoms with van der Waals surface area (Å²) in [5, 5.41) is 5.75. The first kappa shape index (κ1) is 20.5. The van der Waals surface area contributed by atoms with Crippen molar-refractivity contribution in [2.75, 3.05) is 35.7 Å². The molecule has 150 valence electrons. The maximum Gasteiger partial charge on any atom is 0.311 e. The first-order valence-electron chi connectivity index (χ1n) is 9.23. The molecular weight excluding hydrogens is 398 g/mol. The number of nitrogens with zero attached hydrogens (tertiary/aromatic N) is 4. The van der Waals surface area contributed by atoms with Gasteiger partial charge in [0.1, 0.15) is 17.2 Å². The number of esters is 1. The van der Waals surface area contributed by atoms with Gasteiger partial charge < -0.3 is 15.0 Å². The molecule has 3 heterocycles. The molecule has 28 heavy (non-hydrogen) atoms. The Kier molecular flexibility index (Phi) is 7.61. The quantitative estimate of drug-likeness (QED) is 0.395. The number of thiazole rings is 1. The van der Waals surface area contributed by atoms with E-state index in [9.17, 15) is 9.59 Å². The van der Waals surface area contributed by atoms with E-state index in [0.29, 0.717) is 17.4 Å². The summed E-state index contributed by atoms with van der Waals surface area (Å²) in [6, 6.07) is 1.93. The van der Waals surface area contributed by atoms with Crippen LogP contribution in [0.2, 0.25) is 0 Å². The Morgan fingerprint density at radius 1 is 1.29 bits per heavy atom. The van der Waals surface area contributed by atoms with E-state index in [4.69, 9.17) is 4.74 Å². The van der Waals surface area contributed by atoms with Crippen molar-refractivity contribution in [1.82, 2.24) is 15.0 Å². The normalized spacial score (nSPS) is 14.0. The fraction of sp³-hybridized carbons (Fsp3) is 0.500. The van der Waals surface area contributed by atoms with Crippen molar-refractivity contribution >= 4 is 45.9 Å². The molecule has 0 bridgehead atoms. The average molecular weight is 422 g/mol. The zero-order valence-electron chi connectivity index (χ0n) is 15.7. The molecular formula is C18H23N5O3S2. The lowest BCUT2D eigenvalue weighted by atomic mass is 10.1. The van der Waals surface area contributed by atoms with Gasteiger partial charge in [0.15, 0.2) is 5.13 Å². The third kappa shape index (κ3) is 6.16. The number of rotatable bonds is 8. The lowest BCUT2D eigenvalue weighted by Crippen LogP contribution is -2.30. The van der Waals surface area contributed by atoms with Crippen LogP contribution in [0.3, 0.4) is 0 Å². The van der Waals surface area contributed by atoms with Crippen LogP contribution < -0.4 is 10.2 Å². The lowest BCUT2D eigenvalue weighted by molar-refractivity contribution is -0.142. The van der Waals surface area contributed by atoms with E-state index in [1.165, 1.54) is 42.4 Å². The number of amides is 1. The zero-order chi connectivity index (χ0) is 19.8. The number of nitrogens with one attached hydrogen (secondary N) is 1. The number of ether oxygens (including phenoxy) is 1. The van der Waals surface area contributed by atoms with Gasteiger partial charge >= 0.3 is 5.97 Å². The molecule has 2 aromatic rings. The maximum atomic E-state index is 12.2. The molecule has 1 aliphatic rings. The second-order valence-corrected chi connectivity index (χ2v) is 8.08. The van der Waals surface area contributed by atoms with Gasteiger partial charge in [0.25, 0.3) is 0 Å². The van der Waals surface area contributed by atoms with Crippen molar-refractivity contribution < 1.29 is 14.3 Å². The summed E-state index contributed by atoms with van der Waals surface area (Å²) < 4.78 is 4.90. The van der Waals surface area contributed by atoms with Gasteiger partial charge in [0, 0.05) is 24.5 Å². The molecule has 1 fully saturated rings. The highest BCUT2D eigenvalue weighted by atomic mass is 32.2. The summed E-state index contributed by atoms with van der Waals surface area (Å²) in [5.74, 6) is 0.652. The van der Waals surface area contributed by atoms with Crippen LogP contribution in [0.15, 0.2) is 22.8 Å². The van der Waals surface area contributed by atoms with E-state index in [1.807, 2.05) is 6.07 Å². The van der Waals surface area contributed by atoms with Gasteiger partial charge in [-0.05, 0) is 26.2 Å². The Labute approximate surface area is 172 Å². The second-order valence-electron chi connectivity index (χ2n) is 6.22. The first-order chi connectivity index (χ1) is 13.6. The molecule has 8 nitrogen and oxygen atoms in total. The van der Waals surface area contributed by atoms with Crippen molar-refractivity contribution in [3.8, 4) is 0 Å². The number of carbonyl (C=O) groups is 2. The van der Waals surface area contributed by atoms with E-state index in [0.717, 1.165) is 23.9 Å². The number of carbonyl (C=O) groups excluding carboxylic acids is 2. The summed E-state index contributed by atoms with van der Waals surface area (Å²) in [4.78, 5) is 38.8. The fourth-order valence-corrected chi connectivity index (χ4v) is 4.19. The van der Waals surface area contributed by atoms with Crippen molar-refractivity contribution in [1.29, 1.82) is 0 Å². The van der Waals surface area contributed by atoms with Crippen molar-refractivity contribution in [2.24, 2.45) is 0 Å². The molecule has 2 aromatic heterocycles. The molecule has 3 rings (SSSR count). The van der Waals surface area contributed by atoms with Crippen LogP contribution in [-0.2, 0) is 20.7 Å². The van der Waals surface area contributed by atoms with Crippen molar-refractivity contribution in [3.63, 3.8) is 0 Å². The van der Waals surface area contributed by atoms with Crippen LogP contribution in [0.1, 0.15) is 31.9 Å². The summed E-state index contributed by atoms with van der Waals surface area (Å²) >= 11 is 2.65. The Hall–Kier alpha value is -2.20. The topological polar surface area (TPSA) is 97.3 Å². The summed E-state index contributed by atoms with van der Waals surface area (Å²) in [6.45, 7) is 4.13. The number of thioether (sulfide) groups is 1. The molecule has 0 aromatic carbocycles. The highest BCUT2D eigenvalue weighted by molar-refractivity contribution is 7.99. The minimum Gasteiger partial charge on any atom is -0.466 e. The molecule has 0 spiro atoms. The van der Waals surface area contributed by atoms with E-state index in [1.54, 1.807) is 18.6 Å². The predicted molar refractivity (Wildman–Crippen MR) is 110 cm³/mol. The first-order valence-corrected chi connectivity index (χ1v) is 11.1. The number of anilines is 2. The molecule has 0 atom stereocenters. The van der Waals surface area contributed by atoms with Crippen LogP contribution in [0.5, 0.6) is 0 Å². The minimum atomic E-state index is -0.325. The number of hydrogen-bond acceptors (Lipinski definition) is 9. The zero-order valence-corrected chi connectivity index (χ0v) is 17.4. The van der Waals surface area contributed by atoms with Crippen LogP contribution in [0.25, 0.3) is 0 Å². The van der Waals surface area contributed by atoms with E-state index in [-0.39, 0.29) is 24.1 Å². The molecule has 1 amide bonds. The van der Waals surface area contributed by atoms with E-state index in [2.05, 4.69) is 25.2 Å². The highest BCUT2D eigenvalue weighted by Crippen LogP contribution is 2.23. The van der Waals surface area contributed by atoms with Crippen molar-refractivity contribution in [2.45, 2.75) is 37.6 Å². The molecule has 1 saturated heterocycles. The summed E-state index contributed by atoms with van der Waals surface area (Å²) in [7, 11) is 0. The van der Waals surface area contributed by atoms with Crippen LogP contribution in [-0.4, -0.2) is 52.3 Å². The Morgan fingerprint density at radius 2 is 2.11 bits per heavy atom. The van der Waals surface area contributed by atoms with Gasteiger partial charge in [-0.15, -0.1) is 11.3 Å². The molecule has 0 saturated carbocycles. The highest BCUT2D eigenvalue weighted by Gasteiger charge is 2.14. The third-order valence-electron chi connectivity index (χ3n) is 4.09. The maximum absolute atomic E-state index is 12.2. The molecule has 1 aliphatic heterocycles. The van der Waals surface area contributed by atoms with E-state index < -0.39 is 0 Å². The molecule has 0 aliphatic carbocycles. The fourth-order valence-electron chi connectivity index (χ4n) is 2.81.